The molecule has 2 aromatic rings. The number of amides is 1. The van der Waals surface area contributed by atoms with Gasteiger partial charge < -0.3 is 5.73 Å². The van der Waals surface area contributed by atoms with Crippen LogP contribution < -0.4 is 5.73 Å². The summed E-state index contributed by atoms with van der Waals surface area (Å²) in [6, 6.07) is 8.01. The zero-order valence-corrected chi connectivity index (χ0v) is 8.89. The van der Waals surface area contributed by atoms with Gasteiger partial charge in [0.25, 0.3) is 0 Å². The van der Waals surface area contributed by atoms with Gasteiger partial charge in [-0.2, -0.15) is 5.10 Å². The van der Waals surface area contributed by atoms with Crippen LogP contribution >= 0.6 is 0 Å². The summed E-state index contributed by atoms with van der Waals surface area (Å²) >= 11 is 0. The fraction of sp³-hybridized carbons (Fsp3) is 0.333. The van der Waals surface area contributed by atoms with E-state index in [1.807, 2.05) is 18.2 Å². The van der Waals surface area contributed by atoms with Crippen LogP contribution in [-0.2, 0) is 11.3 Å². The molecule has 0 spiro atoms. The maximum atomic E-state index is 11.0. The van der Waals surface area contributed by atoms with Gasteiger partial charge in [0, 0.05) is 11.3 Å². The molecule has 4 nitrogen and oxygen atoms in total. The van der Waals surface area contributed by atoms with Crippen molar-refractivity contribution in [2.45, 2.75) is 25.3 Å². The standard InChI is InChI=1S/C12H13N3O/c13-11(16)7-15-10-4-2-1-3-9(10)12(14-15)8-5-6-8/h1-4,8H,5-7H2,(H2,13,16). The molecule has 0 atom stereocenters. The molecule has 16 heavy (non-hydrogen) atoms. The molecule has 0 aliphatic heterocycles. The molecular weight excluding hydrogens is 202 g/mol. The quantitative estimate of drug-likeness (QED) is 0.841. The molecule has 1 heterocycles. The number of benzene rings is 1. The number of para-hydroxylation sites is 1. The molecule has 2 N–H and O–H groups in total. The Balaban J connectivity index is 2.16. The van der Waals surface area contributed by atoms with Crippen molar-refractivity contribution in [3.05, 3.63) is 30.0 Å². The fourth-order valence-corrected chi connectivity index (χ4v) is 2.08. The van der Waals surface area contributed by atoms with Gasteiger partial charge in [0.15, 0.2) is 0 Å². The van der Waals surface area contributed by atoms with Crippen molar-refractivity contribution in [3.63, 3.8) is 0 Å². The van der Waals surface area contributed by atoms with E-state index < -0.39 is 0 Å². The van der Waals surface area contributed by atoms with E-state index in [0.29, 0.717) is 5.92 Å². The van der Waals surface area contributed by atoms with Crippen molar-refractivity contribution in [1.82, 2.24) is 9.78 Å². The van der Waals surface area contributed by atoms with Crippen LogP contribution in [-0.4, -0.2) is 15.7 Å². The molecule has 1 fully saturated rings. The zero-order chi connectivity index (χ0) is 11.1. The highest BCUT2D eigenvalue weighted by Gasteiger charge is 2.28. The third-order valence-corrected chi connectivity index (χ3v) is 2.96. The van der Waals surface area contributed by atoms with Gasteiger partial charge in [0.05, 0.1) is 11.2 Å². The van der Waals surface area contributed by atoms with Crippen molar-refractivity contribution in [2.24, 2.45) is 5.73 Å². The molecule has 1 aromatic heterocycles. The molecule has 4 heteroatoms. The fourth-order valence-electron chi connectivity index (χ4n) is 2.08. The van der Waals surface area contributed by atoms with E-state index in [9.17, 15) is 4.79 Å². The molecule has 1 aromatic carbocycles. The first-order valence-electron chi connectivity index (χ1n) is 5.49. The van der Waals surface area contributed by atoms with Gasteiger partial charge in [-0.1, -0.05) is 18.2 Å². The minimum Gasteiger partial charge on any atom is -0.368 e. The van der Waals surface area contributed by atoms with Crippen molar-refractivity contribution in [3.8, 4) is 0 Å². The second-order valence-corrected chi connectivity index (χ2v) is 4.30. The number of primary amides is 1. The summed E-state index contributed by atoms with van der Waals surface area (Å²) in [5.74, 6) is 0.231. The van der Waals surface area contributed by atoms with E-state index in [1.165, 1.54) is 12.8 Å². The van der Waals surface area contributed by atoms with Gasteiger partial charge in [-0.3, -0.25) is 9.48 Å². The number of nitrogens with two attached hydrogens (primary N) is 1. The summed E-state index contributed by atoms with van der Waals surface area (Å²) < 4.78 is 1.71. The number of rotatable bonds is 3. The predicted octanol–water partition coefficient (Wildman–Crippen LogP) is 1.40. The van der Waals surface area contributed by atoms with Gasteiger partial charge >= 0.3 is 0 Å². The number of fused-ring (bicyclic) bond motifs is 1. The van der Waals surface area contributed by atoms with Gasteiger partial charge in [0.1, 0.15) is 6.54 Å². The maximum absolute atomic E-state index is 11.0. The second-order valence-electron chi connectivity index (χ2n) is 4.30. The summed E-state index contributed by atoms with van der Waals surface area (Å²) in [6.07, 6.45) is 2.41. The Bertz CT molecular complexity index is 554. The van der Waals surface area contributed by atoms with Gasteiger partial charge in [-0.05, 0) is 18.9 Å². The average molecular weight is 215 g/mol. The number of carbonyl (C=O) groups is 1. The number of carbonyl (C=O) groups excluding carboxylic acids is 1. The second kappa shape index (κ2) is 3.33. The monoisotopic (exact) mass is 215 g/mol. The SMILES string of the molecule is NC(=O)Cn1nc(C2CC2)c2ccccc21. The molecule has 3 rings (SSSR count). The summed E-state index contributed by atoms with van der Waals surface area (Å²) in [7, 11) is 0. The van der Waals surface area contributed by atoms with Gasteiger partial charge in [0.2, 0.25) is 5.91 Å². The molecule has 1 aliphatic rings. The third kappa shape index (κ3) is 1.46. The molecule has 82 valence electrons. The minimum atomic E-state index is -0.351. The molecule has 0 radical (unpaired) electrons. The van der Waals surface area contributed by atoms with Crippen molar-refractivity contribution in [2.75, 3.05) is 0 Å². The van der Waals surface area contributed by atoms with Crippen LogP contribution in [0.1, 0.15) is 24.5 Å². The molecular formula is C12H13N3O. The summed E-state index contributed by atoms with van der Waals surface area (Å²) in [5.41, 5.74) is 7.34. The van der Waals surface area contributed by atoms with Crippen molar-refractivity contribution < 1.29 is 4.79 Å². The summed E-state index contributed by atoms with van der Waals surface area (Å²) in [6.45, 7) is 0.160. The Morgan fingerprint density at radius 2 is 2.19 bits per heavy atom. The third-order valence-electron chi connectivity index (χ3n) is 2.96. The molecule has 0 saturated heterocycles. The largest absolute Gasteiger partial charge is 0.368 e. The van der Waals surface area contributed by atoms with Crippen LogP contribution in [0, 0.1) is 0 Å². The van der Waals surface area contributed by atoms with Gasteiger partial charge in [-0.15, -0.1) is 0 Å². The van der Waals surface area contributed by atoms with Crippen LogP contribution in [0.15, 0.2) is 24.3 Å². The molecule has 0 bridgehead atoms. The zero-order valence-electron chi connectivity index (χ0n) is 8.89. The average Bonchev–Trinajstić information content (AvgIpc) is 3.03. The molecule has 1 saturated carbocycles. The topological polar surface area (TPSA) is 60.9 Å². The Morgan fingerprint density at radius 3 is 2.88 bits per heavy atom. The lowest BCUT2D eigenvalue weighted by atomic mass is 10.1. The van der Waals surface area contributed by atoms with Crippen LogP contribution in [0.2, 0.25) is 0 Å². The van der Waals surface area contributed by atoms with Crippen LogP contribution in [0.25, 0.3) is 10.9 Å². The molecule has 1 amide bonds. The number of aromatic nitrogens is 2. The highest BCUT2D eigenvalue weighted by atomic mass is 16.1. The normalized spacial score (nSPS) is 15.5. The van der Waals surface area contributed by atoms with E-state index >= 15 is 0 Å². The summed E-state index contributed by atoms with van der Waals surface area (Å²) in [4.78, 5) is 11.0. The smallest absolute Gasteiger partial charge is 0.239 e. The highest BCUT2D eigenvalue weighted by Crippen LogP contribution is 2.42. The Labute approximate surface area is 93.0 Å². The van der Waals surface area contributed by atoms with Crippen molar-refractivity contribution >= 4 is 16.8 Å². The first kappa shape index (κ1) is 9.39. The molecule has 0 unspecified atom stereocenters. The lowest BCUT2D eigenvalue weighted by molar-refractivity contribution is -0.118. The predicted molar refractivity (Wildman–Crippen MR) is 60.9 cm³/mol. The first-order chi connectivity index (χ1) is 7.75. The molecule has 1 aliphatic carbocycles. The lowest BCUT2D eigenvalue weighted by Crippen LogP contribution is -2.19. The highest BCUT2D eigenvalue weighted by molar-refractivity contribution is 5.84. The van der Waals surface area contributed by atoms with E-state index in [2.05, 4.69) is 11.2 Å². The number of hydrogen-bond donors (Lipinski definition) is 1. The Morgan fingerprint density at radius 1 is 1.44 bits per heavy atom. The Kier molecular flexibility index (Phi) is 1.96. The number of hydrogen-bond acceptors (Lipinski definition) is 2. The first-order valence-corrected chi connectivity index (χ1v) is 5.49. The van der Waals surface area contributed by atoms with E-state index in [1.54, 1.807) is 4.68 Å². The lowest BCUT2D eigenvalue weighted by Gasteiger charge is -1.98. The summed E-state index contributed by atoms with van der Waals surface area (Å²) in [5, 5.41) is 5.67. The van der Waals surface area contributed by atoms with Crippen LogP contribution in [0.5, 0.6) is 0 Å². The maximum Gasteiger partial charge on any atom is 0.239 e. The van der Waals surface area contributed by atoms with Crippen LogP contribution in [0.3, 0.4) is 0 Å². The van der Waals surface area contributed by atoms with Crippen LogP contribution in [0.4, 0.5) is 0 Å². The number of nitrogens with zero attached hydrogens (tertiary/aromatic N) is 2. The minimum absolute atomic E-state index is 0.160. The Hall–Kier alpha value is -1.84. The van der Waals surface area contributed by atoms with Gasteiger partial charge in [-0.25, -0.2) is 0 Å². The van der Waals surface area contributed by atoms with E-state index in [-0.39, 0.29) is 12.5 Å². The van der Waals surface area contributed by atoms with E-state index in [0.717, 1.165) is 16.6 Å². The van der Waals surface area contributed by atoms with E-state index in [4.69, 9.17) is 5.73 Å². The van der Waals surface area contributed by atoms with Crippen molar-refractivity contribution in [1.29, 1.82) is 0 Å².